The molecule has 7 heteroatoms. The summed E-state index contributed by atoms with van der Waals surface area (Å²) in [7, 11) is 3.92. The average Bonchev–Trinajstić information content (AvgIpc) is 3.05. The molecular formula is C21H29N5O2. The van der Waals surface area contributed by atoms with Crippen LogP contribution in [0.4, 0.5) is 5.69 Å². The maximum absolute atomic E-state index is 13.0. The number of rotatable bonds is 6. The van der Waals surface area contributed by atoms with E-state index in [-0.39, 0.29) is 11.8 Å². The second-order valence-corrected chi connectivity index (χ2v) is 7.60. The number of imidazole rings is 1. The first-order valence-corrected chi connectivity index (χ1v) is 9.78. The lowest BCUT2D eigenvalue weighted by Gasteiger charge is -2.17. The van der Waals surface area contributed by atoms with Gasteiger partial charge in [-0.25, -0.2) is 4.98 Å². The van der Waals surface area contributed by atoms with Crippen molar-refractivity contribution in [3.05, 3.63) is 46.5 Å². The van der Waals surface area contributed by atoms with Crippen LogP contribution in [0.1, 0.15) is 50.8 Å². The number of anilines is 1. The molecule has 0 bridgehead atoms. The molecule has 2 aromatic rings. The Morgan fingerprint density at radius 2 is 1.96 bits per heavy atom. The number of benzene rings is 1. The van der Waals surface area contributed by atoms with Crippen molar-refractivity contribution >= 4 is 17.5 Å². The lowest BCUT2D eigenvalue weighted by Crippen LogP contribution is -2.32. The lowest BCUT2D eigenvalue weighted by molar-refractivity contribution is 0.0945. The average molecular weight is 383 g/mol. The van der Waals surface area contributed by atoms with E-state index < -0.39 is 0 Å². The van der Waals surface area contributed by atoms with Gasteiger partial charge in [0.15, 0.2) is 5.82 Å². The highest BCUT2D eigenvalue weighted by atomic mass is 16.2. The van der Waals surface area contributed by atoms with Gasteiger partial charge in [-0.1, -0.05) is 12.1 Å². The van der Waals surface area contributed by atoms with Gasteiger partial charge >= 0.3 is 0 Å². The summed E-state index contributed by atoms with van der Waals surface area (Å²) in [6, 6.07) is 5.82. The number of hydrogen-bond acceptors (Lipinski definition) is 4. The van der Waals surface area contributed by atoms with Crippen molar-refractivity contribution in [2.45, 2.75) is 39.7 Å². The zero-order valence-electron chi connectivity index (χ0n) is 17.1. The summed E-state index contributed by atoms with van der Waals surface area (Å²) in [6.45, 7) is 6.00. The molecule has 0 radical (unpaired) electrons. The molecule has 0 aliphatic carbocycles. The predicted molar refractivity (Wildman–Crippen MR) is 110 cm³/mol. The van der Waals surface area contributed by atoms with Crippen molar-refractivity contribution in [1.29, 1.82) is 0 Å². The summed E-state index contributed by atoms with van der Waals surface area (Å²) < 4.78 is 1.91. The monoisotopic (exact) mass is 383 g/mol. The van der Waals surface area contributed by atoms with E-state index in [0.717, 1.165) is 48.3 Å². The Kier molecular flexibility index (Phi) is 6.14. The number of aryl methyl sites for hydroxylation is 1. The molecule has 150 valence electrons. The minimum atomic E-state index is -0.274. The van der Waals surface area contributed by atoms with Crippen molar-refractivity contribution in [3.8, 4) is 0 Å². The van der Waals surface area contributed by atoms with Crippen LogP contribution < -0.4 is 10.6 Å². The van der Waals surface area contributed by atoms with Crippen molar-refractivity contribution in [2.24, 2.45) is 0 Å². The molecule has 2 N–H and O–H groups in total. The van der Waals surface area contributed by atoms with Crippen molar-refractivity contribution < 1.29 is 9.59 Å². The van der Waals surface area contributed by atoms with Crippen molar-refractivity contribution in [3.63, 3.8) is 0 Å². The molecule has 0 atom stereocenters. The van der Waals surface area contributed by atoms with E-state index in [0.29, 0.717) is 24.6 Å². The Hall–Kier alpha value is -2.67. The molecule has 1 aromatic heterocycles. The molecule has 7 nitrogen and oxygen atoms in total. The number of fused-ring (bicyclic) bond motifs is 1. The molecule has 0 unspecified atom stereocenters. The van der Waals surface area contributed by atoms with Crippen LogP contribution in [0.15, 0.2) is 18.2 Å². The lowest BCUT2D eigenvalue weighted by atomic mass is 10.1. The minimum absolute atomic E-state index is 0.210. The molecule has 1 aliphatic heterocycles. The topological polar surface area (TPSA) is 79.3 Å². The van der Waals surface area contributed by atoms with Gasteiger partial charge in [0.25, 0.3) is 11.8 Å². The van der Waals surface area contributed by atoms with Crippen LogP contribution in [0, 0.1) is 13.8 Å². The highest BCUT2D eigenvalue weighted by Crippen LogP contribution is 2.23. The summed E-state index contributed by atoms with van der Waals surface area (Å²) in [4.78, 5) is 32.1. The van der Waals surface area contributed by atoms with Crippen molar-refractivity contribution in [1.82, 2.24) is 19.8 Å². The normalized spacial score (nSPS) is 13.3. The fourth-order valence-corrected chi connectivity index (χ4v) is 3.44. The number of carbonyl (C=O) groups excluding carboxylic acids is 2. The number of nitrogens with one attached hydrogen (secondary N) is 2. The van der Waals surface area contributed by atoms with Gasteiger partial charge in [-0.15, -0.1) is 0 Å². The molecule has 0 fully saturated rings. The summed E-state index contributed by atoms with van der Waals surface area (Å²) in [5, 5.41) is 5.88. The third-order valence-corrected chi connectivity index (χ3v) is 5.23. The second-order valence-electron chi connectivity index (χ2n) is 7.60. The van der Waals surface area contributed by atoms with Gasteiger partial charge in [0, 0.05) is 25.3 Å². The fraction of sp³-hybridized carbons (Fsp3) is 0.476. The van der Waals surface area contributed by atoms with Gasteiger partial charge in [-0.2, -0.15) is 0 Å². The smallest absolute Gasteiger partial charge is 0.291 e. The molecule has 0 spiro atoms. The van der Waals surface area contributed by atoms with E-state index in [2.05, 4.69) is 15.6 Å². The van der Waals surface area contributed by atoms with Crippen LogP contribution in [0.3, 0.4) is 0 Å². The summed E-state index contributed by atoms with van der Waals surface area (Å²) >= 11 is 0. The summed E-state index contributed by atoms with van der Waals surface area (Å²) in [5.74, 6) is -0.171. The van der Waals surface area contributed by atoms with Crippen LogP contribution in [0.5, 0.6) is 0 Å². The quantitative estimate of drug-likeness (QED) is 0.803. The first-order valence-electron chi connectivity index (χ1n) is 9.78. The summed E-state index contributed by atoms with van der Waals surface area (Å²) in [6.07, 6.45) is 2.75. The van der Waals surface area contributed by atoms with E-state index in [1.165, 1.54) is 0 Å². The van der Waals surface area contributed by atoms with Crippen LogP contribution in [-0.2, 0) is 13.0 Å². The van der Waals surface area contributed by atoms with E-state index >= 15 is 0 Å². The molecule has 0 saturated carbocycles. The van der Waals surface area contributed by atoms with Gasteiger partial charge < -0.3 is 20.1 Å². The van der Waals surface area contributed by atoms with E-state index in [9.17, 15) is 9.59 Å². The molecule has 2 amide bonds. The van der Waals surface area contributed by atoms with Crippen LogP contribution in [-0.4, -0.2) is 53.5 Å². The number of likely N-dealkylation sites (N-methyl/N-ethyl adjacent to an activating group) is 1. The minimum Gasteiger partial charge on any atom is -0.349 e. The highest BCUT2D eigenvalue weighted by Gasteiger charge is 2.27. The third-order valence-electron chi connectivity index (χ3n) is 5.23. The number of amides is 2. The molecular weight excluding hydrogens is 354 g/mol. The number of hydrogen-bond donors (Lipinski definition) is 2. The Morgan fingerprint density at radius 1 is 1.18 bits per heavy atom. The summed E-state index contributed by atoms with van der Waals surface area (Å²) in [5.41, 5.74) is 4.16. The third kappa shape index (κ3) is 4.25. The van der Waals surface area contributed by atoms with Gasteiger partial charge in [0.1, 0.15) is 5.69 Å². The van der Waals surface area contributed by atoms with Crippen LogP contribution in [0.2, 0.25) is 0 Å². The largest absolute Gasteiger partial charge is 0.349 e. The Labute approximate surface area is 166 Å². The standard InChI is InChI=1S/C21H29N5O2/c1-14-8-7-9-16(15(14)2)23-21(28)19-24-18(17-10-5-6-12-26(17)19)20(27)22-11-13-25(3)4/h7-9H,5-6,10-13H2,1-4H3,(H,22,27)(H,23,28). The van der Waals surface area contributed by atoms with E-state index in [4.69, 9.17) is 0 Å². The predicted octanol–water partition coefficient (Wildman–Crippen LogP) is 2.38. The number of aromatic nitrogens is 2. The van der Waals surface area contributed by atoms with Crippen molar-refractivity contribution in [2.75, 3.05) is 32.5 Å². The number of nitrogens with zero attached hydrogens (tertiary/aromatic N) is 3. The highest BCUT2D eigenvalue weighted by molar-refractivity contribution is 6.04. The molecule has 3 rings (SSSR count). The van der Waals surface area contributed by atoms with Gasteiger partial charge in [-0.3, -0.25) is 9.59 Å². The zero-order chi connectivity index (χ0) is 20.3. The van der Waals surface area contributed by atoms with Crippen LogP contribution >= 0.6 is 0 Å². The first-order chi connectivity index (χ1) is 13.4. The Morgan fingerprint density at radius 3 is 2.71 bits per heavy atom. The molecule has 1 aliphatic rings. The van der Waals surface area contributed by atoms with E-state index in [1.54, 1.807) is 0 Å². The Bertz CT molecular complexity index is 885. The first kappa shape index (κ1) is 20.1. The molecule has 28 heavy (non-hydrogen) atoms. The SMILES string of the molecule is Cc1cccc(NC(=O)c2nc(C(=O)NCCN(C)C)c3n2CCCC3)c1C. The van der Waals surface area contributed by atoms with E-state index in [1.807, 2.05) is 55.6 Å². The molecule has 1 aromatic carbocycles. The van der Waals surface area contributed by atoms with Crippen LogP contribution in [0.25, 0.3) is 0 Å². The van der Waals surface area contributed by atoms with Gasteiger partial charge in [-0.05, 0) is 64.4 Å². The Balaban J connectivity index is 1.85. The number of carbonyl (C=O) groups is 2. The maximum atomic E-state index is 13.0. The molecule has 2 heterocycles. The zero-order valence-corrected chi connectivity index (χ0v) is 17.1. The van der Waals surface area contributed by atoms with Gasteiger partial charge in [0.2, 0.25) is 0 Å². The fourth-order valence-electron chi connectivity index (χ4n) is 3.44. The maximum Gasteiger partial charge on any atom is 0.291 e. The van der Waals surface area contributed by atoms with Gasteiger partial charge in [0.05, 0.1) is 5.69 Å². The molecule has 0 saturated heterocycles. The second kappa shape index (κ2) is 8.56.